The minimum atomic E-state index is -4.38. The van der Waals surface area contributed by atoms with Crippen LogP contribution in [0.1, 0.15) is 51.5 Å². The first-order chi connectivity index (χ1) is 14.7. The molecule has 0 fully saturated rings. The van der Waals surface area contributed by atoms with Gasteiger partial charge in [-0.1, -0.05) is 51.1 Å². The number of allylic oxidation sites excluding steroid dienone is 5. The summed E-state index contributed by atoms with van der Waals surface area (Å²) < 4.78 is 48.8. The van der Waals surface area contributed by atoms with Crippen LogP contribution in [-0.4, -0.2) is 17.7 Å². The number of hydrogen-bond acceptors (Lipinski definition) is 3. The Morgan fingerprint density at radius 3 is 2.44 bits per heavy atom. The smallest absolute Gasteiger partial charge is 0.416 e. The summed E-state index contributed by atoms with van der Waals surface area (Å²) in [5.74, 6) is 1.10. The van der Waals surface area contributed by atoms with Gasteiger partial charge in [0.05, 0.1) is 11.3 Å². The predicted octanol–water partition coefficient (Wildman–Crippen LogP) is 8.30. The number of hydrogen-bond donors (Lipinski definition) is 0. The van der Waals surface area contributed by atoms with Gasteiger partial charge in [0, 0.05) is 51.1 Å². The molecule has 1 heterocycles. The third kappa shape index (κ3) is 12.7. The Hall–Kier alpha value is -1.25. The van der Waals surface area contributed by atoms with Crippen LogP contribution in [0.5, 0.6) is 0 Å². The molecule has 0 aliphatic rings. The number of benzene rings is 1. The molecule has 1 radical (unpaired) electrons. The van der Waals surface area contributed by atoms with Gasteiger partial charge in [0.15, 0.2) is 11.5 Å². The van der Waals surface area contributed by atoms with Crippen LogP contribution in [0.2, 0.25) is 0 Å². The zero-order chi connectivity index (χ0) is 23.9. The molecule has 0 saturated carbocycles. The number of alkyl halides is 3. The molecule has 2 rings (SSSR count). The standard InChI is InChI=1S/C18H18F3NO2.C4H9N.C2H6.Tb/c1-4-15(18(19,20)21)9-5-7-12(2)23-11-14-8-6-10-16-17(14)24-13(3)22-16;1-2-3-4-5;1-2;/h4,6-10H,1,5,11H2,2-3H3;5H,1-4H2;1-2H3;/q;-2;;/b12-7+,15-9?;;;. The number of aromatic nitrogens is 1. The maximum absolute atomic E-state index is 12.6. The van der Waals surface area contributed by atoms with Gasteiger partial charge in [-0.2, -0.15) is 26.1 Å². The molecular formula is C24H33F3N2O2Tb-2. The fraction of sp³-hybridized carbons (Fsp3) is 0.417. The Morgan fingerprint density at radius 1 is 1.28 bits per heavy atom. The number of oxazole rings is 1. The van der Waals surface area contributed by atoms with Crippen molar-refractivity contribution in [3.8, 4) is 0 Å². The van der Waals surface area contributed by atoms with Crippen molar-refractivity contribution in [3.63, 3.8) is 0 Å². The van der Waals surface area contributed by atoms with Crippen molar-refractivity contribution in [1.82, 2.24) is 4.98 Å². The second-order valence-corrected chi connectivity index (χ2v) is 6.16. The Morgan fingerprint density at radius 2 is 1.94 bits per heavy atom. The number of unbranched alkanes of at least 4 members (excludes halogenated alkanes) is 1. The van der Waals surface area contributed by atoms with E-state index in [-0.39, 0.29) is 51.6 Å². The number of nitrogens with zero attached hydrogens (tertiary/aromatic N) is 1. The van der Waals surface area contributed by atoms with Crippen molar-refractivity contribution in [2.45, 2.75) is 59.7 Å². The largest absolute Gasteiger partial charge is 0.677 e. The van der Waals surface area contributed by atoms with Gasteiger partial charge in [-0.15, -0.1) is 0 Å². The third-order valence-corrected chi connectivity index (χ3v) is 3.78. The maximum Gasteiger partial charge on any atom is 0.416 e. The van der Waals surface area contributed by atoms with E-state index < -0.39 is 11.7 Å². The number of rotatable bonds is 8. The number of halogens is 3. The molecule has 0 amide bonds. The van der Waals surface area contributed by atoms with Crippen LogP contribution in [0.15, 0.2) is 58.8 Å². The summed E-state index contributed by atoms with van der Waals surface area (Å²) in [6.07, 6.45) is 1.03. The Balaban J connectivity index is 0. The number of nitrogens with one attached hydrogen (secondary N) is 1. The molecule has 0 unspecified atom stereocenters. The molecule has 8 heteroatoms. The van der Waals surface area contributed by atoms with E-state index in [1.54, 1.807) is 19.9 Å². The first-order valence-electron chi connectivity index (χ1n) is 10.2. The van der Waals surface area contributed by atoms with E-state index in [9.17, 15) is 13.2 Å². The normalized spacial score (nSPS) is 11.5. The Labute approximate surface area is 220 Å². The Bertz CT molecular complexity index is 841. The van der Waals surface area contributed by atoms with Gasteiger partial charge in [-0.25, -0.2) is 4.98 Å². The summed E-state index contributed by atoms with van der Waals surface area (Å²) in [6, 6.07) is 5.56. The summed E-state index contributed by atoms with van der Waals surface area (Å²) in [6.45, 7) is 15.0. The fourth-order valence-corrected chi connectivity index (χ4v) is 2.27. The Kier molecular flexibility index (Phi) is 18.7. The van der Waals surface area contributed by atoms with Crippen LogP contribution < -0.4 is 0 Å². The first kappa shape index (κ1) is 32.9. The van der Waals surface area contributed by atoms with Crippen molar-refractivity contribution in [2.75, 3.05) is 6.54 Å². The zero-order valence-electron chi connectivity index (χ0n) is 19.1. The summed E-state index contributed by atoms with van der Waals surface area (Å²) in [5, 5.41) is 0. The number of aryl methyl sites for hydroxylation is 1. The molecule has 1 aromatic carbocycles. The van der Waals surface area contributed by atoms with Gasteiger partial charge in [-0.3, -0.25) is 0 Å². The second-order valence-electron chi connectivity index (χ2n) is 6.16. The molecule has 0 aliphatic heterocycles. The molecule has 0 bridgehead atoms. The molecule has 0 atom stereocenters. The van der Waals surface area contributed by atoms with E-state index in [0.29, 0.717) is 23.8 Å². The van der Waals surface area contributed by atoms with Gasteiger partial charge >= 0.3 is 6.18 Å². The van der Waals surface area contributed by atoms with Gasteiger partial charge in [0.25, 0.3) is 0 Å². The van der Waals surface area contributed by atoms with Crippen molar-refractivity contribution in [2.24, 2.45) is 0 Å². The molecule has 0 saturated heterocycles. The molecule has 0 spiro atoms. The van der Waals surface area contributed by atoms with Crippen LogP contribution in [0.3, 0.4) is 0 Å². The topological polar surface area (TPSA) is 59.1 Å². The third-order valence-electron chi connectivity index (χ3n) is 3.78. The SMILES string of the molecule is C=CC(=CC/C=C(\C)OCc1cccc2nc(C)oc12)C(F)(F)F.CC.[CH2-]CCC[NH-].[Tb]. The van der Waals surface area contributed by atoms with E-state index >= 15 is 0 Å². The molecule has 2 aromatic rings. The van der Waals surface area contributed by atoms with Gasteiger partial charge in [0.2, 0.25) is 0 Å². The van der Waals surface area contributed by atoms with Crippen molar-refractivity contribution in [1.29, 1.82) is 0 Å². The van der Waals surface area contributed by atoms with E-state index in [1.165, 1.54) is 0 Å². The fourth-order valence-electron chi connectivity index (χ4n) is 2.27. The van der Waals surface area contributed by atoms with Gasteiger partial charge in [-0.05, 0) is 25.5 Å². The van der Waals surface area contributed by atoms with Gasteiger partial charge in [0.1, 0.15) is 12.1 Å². The van der Waals surface area contributed by atoms with Crippen LogP contribution in [0.25, 0.3) is 16.8 Å². The first-order valence-corrected chi connectivity index (χ1v) is 10.2. The summed E-state index contributed by atoms with van der Waals surface area (Å²) >= 11 is 0. The van der Waals surface area contributed by atoms with Crippen molar-refractivity contribution < 1.29 is 60.9 Å². The molecular weight excluding hydrogens is 564 g/mol. The quantitative estimate of drug-likeness (QED) is 0.175. The van der Waals surface area contributed by atoms with Crippen LogP contribution in [0.4, 0.5) is 13.2 Å². The average Bonchev–Trinajstić information content (AvgIpc) is 3.12. The molecule has 1 aromatic heterocycles. The van der Waals surface area contributed by atoms with Crippen molar-refractivity contribution in [3.05, 3.63) is 78.4 Å². The van der Waals surface area contributed by atoms with Gasteiger partial charge < -0.3 is 21.8 Å². The summed E-state index contributed by atoms with van der Waals surface area (Å²) in [7, 11) is 0. The molecule has 183 valence electrons. The zero-order valence-corrected chi connectivity index (χ0v) is 21.3. The molecule has 1 N–H and O–H groups in total. The number of ether oxygens (including phenoxy) is 1. The van der Waals surface area contributed by atoms with E-state index in [4.69, 9.17) is 14.9 Å². The maximum atomic E-state index is 12.6. The van der Waals surface area contributed by atoms with Crippen LogP contribution in [-0.2, 0) is 11.3 Å². The predicted molar refractivity (Wildman–Crippen MR) is 121 cm³/mol. The number of para-hydroxylation sites is 1. The molecule has 4 nitrogen and oxygen atoms in total. The monoisotopic (exact) mass is 597 g/mol. The van der Waals surface area contributed by atoms with E-state index in [0.717, 1.165) is 36.1 Å². The second kappa shape index (κ2) is 18.2. The molecule has 32 heavy (non-hydrogen) atoms. The molecule has 0 aliphatic carbocycles. The minimum absolute atomic E-state index is 0. The van der Waals surface area contributed by atoms with E-state index in [1.807, 2.05) is 32.0 Å². The van der Waals surface area contributed by atoms with E-state index in [2.05, 4.69) is 18.5 Å². The van der Waals surface area contributed by atoms with Crippen molar-refractivity contribution >= 4 is 11.1 Å². The average molecular weight is 597 g/mol. The van der Waals surface area contributed by atoms with Crippen LogP contribution >= 0.6 is 0 Å². The minimum Gasteiger partial charge on any atom is -0.677 e. The number of fused-ring (bicyclic) bond motifs is 1. The summed E-state index contributed by atoms with van der Waals surface area (Å²) in [4.78, 5) is 4.24. The summed E-state index contributed by atoms with van der Waals surface area (Å²) in [5.41, 5.74) is 8.05. The van der Waals surface area contributed by atoms with Crippen LogP contribution in [0, 0.1) is 52.5 Å².